The smallest absolute Gasteiger partial charge is 0.303 e. The van der Waals surface area contributed by atoms with Gasteiger partial charge in [0.25, 0.3) is 5.91 Å². The first-order valence-corrected chi connectivity index (χ1v) is 15.8. The van der Waals surface area contributed by atoms with Gasteiger partial charge in [-0.3, -0.25) is 19.4 Å². The molecule has 45 heavy (non-hydrogen) atoms. The summed E-state index contributed by atoms with van der Waals surface area (Å²) in [6.07, 6.45) is -1.63. The summed E-state index contributed by atoms with van der Waals surface area (Å²) in [4.78, 5) is 28.4. The molecule has 2 aliphatic rings. The van der Waals surface area contributed by atoms with Crippen LogP contribution in [0.25, 0.3) is 0 Å². The highest BCUT2D eigenvalue weighted by molar-refractivity contribution is 5.82. The summed E-state index contributed by atoms with van der Waals surface area (Å²) in [7, 11) is 0. The molecule has 5 rings (SSSR count). The second-order valence-electron chi connectivity index (χ2n) is 12.1. The monoisotopic (exact) mass is 615 g/mol. The van der Waals surface area contributed by atoms with E-state index in [-0.39, 0.29) is 30.6 Å². The maximum absolute atomic E-state index is 12.3. The molecule has 0 saturated carbocycles. The lowest BCUT2D eigenvalue weighted by Gasteiger charge is -2.44. The topological polar surface area (TPSA) is 101 Å². The molecular weight excluding hydrogens is 570 g/mol. The summed E-state index contributed by atoms with van der Waals surface area (Å²) >= 11 is 0. The van der Waals surface area contributed by atoms with E-state index in [0.29, 0.717) is 6.54 Å². The molecule has 0 aromatic heterocycles. The summed E-state index contributed by atoms with van der Waals surface area (Å²) in [5, 5.41) is 12.4. The lowest BCUT2D eigenvalue weighted by molar-refractivity contribution is -0.276. The minimum Gasteiger partial charge on any atom is -0.453 e. The second kappa shape index (κ2) is 15.6. The number of esters is 1. The van der Waals surface area contributed by atoms with Crippen LogP contribution in [-0.4, -0.2) is 71.7 Å². The van der Waals surface area contributed by atoms with Crippen LogP contribution in [0.5, 0.6) is 0 Å². The Labute approximate surface area is 266 Å². The molecule has 0 radical (unpaired) electrons. The van der Waals surface area contributed by atoms with Crippen LogP contribution in [0.3, 0.4) is 0 Å². The van der Waals surface area contributed by atoms with Crippen LogP contribution in [-0.2, 0) is 43.5 Å². The van der Waals surface area contributed by atoms with Crippen LogP contribution < -0.4 is 5.32 Å². The Bertz CT molecular complexity index is 1380. The van der Waals surface area contributed by atoms with Crippen molar-refractivity contribution in [2.75, 3.05) is 32.7 Å². The average Bonchev–Trinajstić information content (AvgIpc) is 3.06. The molecule has 0 unspecified atom stereocenters. The lowest BCUT2D eigenvalue weighted by Crippen LogP contribution is -2.51. The number of carbonyl (C=O) groups excluding carboxylic acids is 2. The highest BCUT2D eigenvalue weighted by atomic mass is 16.7. The molecule has 3 aromatic carbocycles. The molecule has 5 atom stereocenters. The number of amides is 1. The van der Waals surface area contributed by atoms with Crippen molar-refractivity contribution in [1.82, 2.24) is 15.1 Å². The maximum atomic E-state index is 12.3. The molecule has 3 aromatic rings. The Kier molecular flexibility index (Phi) is 11.4. The Morgan fingerprint density at radius 1 is 0.867 bits per heavy atom. The van der Waals surface area contributed by atoms with Gasteiger partial charge < -0.3 is 24.6 Å². The highest BCUT2D eigenvalue weighted by Gasteiger charge is 2.39. The first-order valence-electron chi connectivity index (χ1n) is 15.8. The van der Waals surface area contributed by atoms with E-state index in [9.17, 15) is 14.7 Å². The standard InChI is InChI=1S/C36H45N3O6/c1-25-33(23-39-19-17-38(18-20-39)22-29-7-5-4-6-8-29)44-36(45-34(25)31-13-11-30(24-40)12-14-31)32-15-9-28(10-16-32)21-37-35(42)26(2)43-27(3)41/h4-16,25-26,33-34,36,40H,17-24H2,1-3H3,(H,37,42)/t25-,26-,33+,34+,36+/m0/s1. The molecule has 1 amide bonds. The summed E-state index contributed by atoms with van der Waals surface area (Å²) < 4.78 is 18.3. The van der Waals surface area contributed by atoms with E-state index in [1.165, 1.54) is 12.5 Å². The van der Waals surface area contributed by atoms with E-state index in [1.807, 2.05) is 48.5 Å². The molecule has 240 valence electrons. The molecule has 2 saturated heterocycles. The van der Waals surface area contributed by atoms with E-state index < -0.39 is 18.4 Å². The predicted molar refractivity (Wildman–Crippen MR) is 171 cm³/mol. The van der Waals surface area contributed by atoms with Crippen LogP contribution in [0, 0.1) is 5.92 Å². The van der Waals surface area contributed by atoms with E-state index in [0.717, 1.165) is 61.5 Å². The van der Waals surface area contributed by atoms with Crippen LogP contribution >= 0.6 is 0 Å². The third kappa shape index (κ3) is 8.99. The van der Waals surface area contributed by atoms with Crippen molar-refractivity contribution >= 4 is 11.9 Å². The van der Waals surface area contributed by atoms with Gasteiger partial charge in [-0.15, -0.1) is 0 Å². The highest BCUT2D eigenvalue weighted by Crippen LogP contribution is 2.42. The largest absolute Gasteiger partial charge is 0.453 e. The fourth-order valence-corrected chi connectivity index (χ4v) is 5.98. The van der Waals surface area contributed by atoms with Crippen molar-refractivity contribution in [3.05, 3.63) is 107 Å². The zero-order valence-corrected chi connectivity index (χ0v) is 26.4. The van der Waals surface area contributed by atoms with Gasteiger partial charge in [0.05, 0.1) is 18.8 Å². The van der Waals surface area contributed by atoms with E-state index in [2.05, 4.69) is 52.4 Å². The maximum Gasteiger partial charge on any atom is 0.303 e. The van der Waals surface area contributed by atoms with Crippen molar-refractivity contribution in [2.45, 2.75) is 65.1 Å². The third-order valence-corrected chi connectivity index (χ3v) is 8.71. The van der Waals surface area contributed by atoms with E-state index in [4.69, 9.17) is 14.2 Å². The predicted octanol–water partition coefficient (Wildman–Crippen LogP) is 4.36. The van der Waals surface area contributed by atoms with Crippen molar-refractivity contribution in [1.29, 1.82) is 0 Å². The van der Waals surface area contributed by atoms with Gasteiger partial charge in [0, 0.05) is 64.2 Å². The number of benzene rings is 3. The number of hydrogen-bond donors (Lipinski definition) is 2. The molecule has 9 heteroatoms. The second-order valence-corrected chi connectivity index (χ2v) is 12.1. The summed E-state index contributed by atoms with van der Waals surface area (Å²) in [6, 6.07) is 26.4. The van der Waals surface area contributed by atoms with Crippen LogP contribution in [0.15, 0.2) is 78.9 Å². The molecule has 0 bridgehead atoms. The first-order chi connectivity index (χ1) is 21.8. The summed E-state index contributed by atoms with van der Waals surface area (Å²) in [5.74, 6) is -0.728. The fraction of sp³-hybridized carbons (Fsp3) is 0.444. The van der Waals surface area contributed by atoms with Gasteiger partial charge in [-0.1, -0.05) is 85.8 Å². The lowest BCUT2D eigenvalue weighted by atomic mass is 9.90. The van der Waals surface area contributed by atoms with Crippen LogP contribution in [0.2, 0.25) is 0 Å². The van der Waals surface area contributed by atoms with Gasteiger partial charge in [-0.2, -0.15) is 0 Å². The number of carbonyl (C=O) groups is 2. The van der Waals surface area contributed by atoms with Gasteiger partial charge in [0.2, 0.25) is 0 Å². The number of rotatable bonds is 11. The number of aliphatic hydroxyl groups is 1. The van der Waals surface area contributed by atoms with Gasteiger partial charge in [0.15, 0.2) is 12.4 Å². The number of nitrogens with one attached hydrogen (secondary N) is 1. The van der Waals surface area contributed by atoms with Crippen LogP contribution in [0.1, 0.15) is 61.0 Å². The first kappa shape index (κ1) is 32.8. The number of aliphatic hydroxyl groups excluding tert-OH is 1. The molecule has 2 aliphatic heterocycles. The zero-order valence-electron chi connectivity index (χ0n) is 26.4. The van der Waals surface area contributed by atoms with Crippen molar-refractivity contribution in [2.24, 2.45) is 5.92 Å². The summed E-state index contributed by atoms with van der Waals surface area (Å²) in [5.41, 5.74) is 5.08. The molecule has 0 aliphatic carbocycles. The van der Waals surface area contributed by atoms with Crippen molar-refractivity contribution < 1.29 is 28.9 Å². The Hall–Kier alpha value is -3.60. The fourth-order valence-electron chi connectivity index (χ4n) is 5.98. The van der Waals surface area contributed by atoms with Crippen molar-refractivity contribution in [3.8, 4) is 0 Å². The molecule has 2 fully saturated rings. The zero-order chi connectivity index (χ0) is 31.8. The molecule has 9 nitrogen and oxygen atoms in total. The van der Waals surface area contributed by atoms with Crippen molar-refractivity contribution in [3.63, 3.8) is 0 Å². The van der Waals surface area contributed by atoms with Gasteiger partial charge in [-0.05, 0) is 29.2 Å². The quantitative estimate of drug-likeness (QED) is 0.307. The van der Waals surface area contributed by atoms with E-state index in [1.54, 1.807) is 6.92 Å². The summed E-state index contributed by atoms with van der Waals surface area (Å²) in [6.45, 7) is 11.1. The normalized spacial score (nSPS) is 23.3. The third-order valence-electron chi connectivity index (χ3n) is 8.71. The van der Waals surface area contributed by atoms with Gasteiger partial charge in [-0.25, -0.2) is 0 Å². The number of piperazine rings is 1. The van der Waals surface area contributed by atoms with E-state index >= 15 is 0 Å². The Morgan fingerprint density at radius 2 is 1.49 bits per heavy atom. The minimum atomic E-state index is -0.847. The Balaban J connectivity index is 1.24. The molecular formula is C36H45N3O6. The van der Waals surface area contributed by atoms with Crippen LogP contribution in [0.4, 0.5) is 0 Å². The number of nitrogens with zero attached hydrogens (tertiary/aromatic N) is 2. The molecule has 0 spiro atoms. The minimum absolute atomic E-state index is 0.00142. The molecule has 2 heterocycles. The number of ether oxygens (including phenoxy) is 3. The molecule has 2 N–H and O–H groups in total. The van der Waals surface area contributed by atoms with Gasteiger partial charge in [0.1, 0.15) is 0 Å². The average molecular weight is 616 g/mol. The van der Waals surface area contributed by atoms with Gasteiger partial charge >= 0.3 is 5.97 Å². The SMILES string of the molecule is CC(=O)O[C@@H](C)C(=O)NCc1ccc([C@@H]2O[C@H](CN3CCN(Cc4ccccc4)CC3)[C@H](C)[C@H](c3ccc(CO)cc3)O2)cc1. The number of hydrogen-bond acceptors (Lipinski definition) is 8. The Morgan fingerprint density at radius 3 is 2.13 bits per heavy atom.